The van der Waals surface area contributed by atoms with Crippen LogP contribution < -0.4 is 5.32 Å². The topological polar surface area (TPSA) is 37.6 Å². The van der Waals surface area contributed by atoms with Gasteiger partial charge < -0.3 is 14.5 Å². The van der Waals surface area contributed by atoms with Crippen molar-refractivity contribution in [1.29, 1.82) is 0 Å². The van der Waals surface area contributed by atoms with Crippen molar-refractivity contribution in [2.75, 3.05) is 20.2 Å². The number of rotatable bonds is 6. The van der Waals surface area contributed by atoms with Crippen LogP contribution in [-0.2, 0) is 17.8 Å². The van der Waals surface area contributed by atoms with Crippen LogP contribution in [0.4, 0.5) is 0 Å². The van der Waals surface area contributed by atoms with Crippen LogP contribution in [-0.4, -0.2) is 37.2 Å². The molecule has 2 rings (SSSR count). The van der Waals surface area contributed by atoms with Gasteiger partial charge in [0.25, 0.3) is 0 Å². The summed E-state index contributed by atoms with van der Waals surface area (Å²) in [5.41, 5.74) is 0. The van der Waals surface area contributed by atoms with Gasteiger partial charge in [-0.2, -0.15) is 0 Å². The molecule has 1 fully saturated rings. The van der Waals surface area contributed by atoms with Crippen molar-refractivity contribution in [1.82, 2.24) is 10.2 Å². The molecule has 1 aliphatic heterocycles. The number of likely N-dealkylation sites (tertiary alicyclic amines) is 1. The highest BCUT2D eigenvalue weighted by molar-refractivity contribution is 5.07. The lowest BCUT2D eigenvalue weighted by Crippen LogP contribution is -2.43. The molecule has 20 heavy (non-hydrogen) atoms. The summed E-state index contributed by atoms with van der Waals surface area (Å²) < 4.78 is 11.4. The maximum atomic E-state index is 5.89. The third-order valence-electron chi connectivity index (χ3n) is 4.06. The van der Waals surface area contributed by atoms with E-state index in [1.54, 1.807) is 0 Å². The van der Waals surface area contributed by atoms with Gasteiger partial charge in [-0.3, -0.25) is 4.90 Å². The molecule has 1 N–H and O–H groups in total. The predicted octanol–water partition coefficient (Wildman–Crippen LogP) is 2.63. The van der Waals surface area contributed by atoms with Crippen LogP contribution in [0.5, 0.6) is 0 Å². The molecule has 0 aromatic carbocycles. The minimum atomic E-state index is 0.348. The van der Waals surface area contributed by atoms with Crippen molar-refractivity contribution >= 4 is 0 Å². The minimum Gasteiger partial charge on any atom is -0.463 e. The van der Waals surface area contributed by atoms with Gasteiger partial charge in [-0.1, -0.05) is 20.8 Å². The van der Waals surface area contributed by atoms with Crippen molar-refractivity contribution in [3.05, 3.63) is 23.7 Å². The average molecular weight is 280 g/mol. The number of hydrogen-bond donors (Lipinski definition) is 1. The van der Waals surface area contributed by atoms with Gasteiger partial charge in [-0.15, -0.1) is 0 Å². The van der Waals surface area contributed by atoms with Crippen LogP contribution in [0.2, 0.25) is 0 Å². The Balaban J connectivity index is 1.84. The van der Waals surface area contributed by atoms with E-state index < -0.39 is 0 Å². The van der Waals surface area contributed by atoms with Crippen molar-refractivity contribution in [2.45, 2.75) is 52.4 Å². The first-order valence-corrected chi connectivity index (χ1v) is 7.64. The van der Waals surface area contributed by atoms with Gasteiger partial charge in [0.1, 0.15) is 11.5 Å². The third-order valence-corrected chi connectivity index (χ3v) is 4.06. The van der Waals surface area contributed by atoms with Crippen molar-refractivity contribution in [2.24, 2.45) is 5.92 Å². The molecule has 1 aromatic heterocycles. The quantitative estimate of drug-likeness (QED) is 0.869. The molecular formula is C16H28N2O2. The number of piperidine rings is 1. The monoisotopic (exact) mass is 280 g/mol. The first-order chi connectivity index (χ1) is 9.58. The Morgan fingerprint density at radius 1 is 1.40 bits per heavy atom. The van der Waals surface area contributed by atoms with E-state index in [0.717, 1.165) is 37.7 Å². The molecule has 2 atom stereocenters. The van der Waals surface area contributed by atoms with E-state index in [0.29, 0.717) is 18.1 Å². The van der Waals surface area contributed by atoms with Gasteiger partial charge in [0.15, 0.2) is 0 Å². The molecule has 0 radical (unpaired) electrons. The van der Waals surface area contributed by atoms with Gasteiger partial charge >= 0.3 is 0 Å². The Kier molecular flexibility index (Phi) is 5.64. The number of hydrogen-bond acceptors (Lipinski definition) is 4. The summed E-state index contributed by atoms with van der Waals surface area (Å²) in [7, 11) is 1.81. The van der Waals surface area contributed by atoms with Crippen LogP contribution in [0.3, 0.4) is 0 Å². The molecule has 0 aliphatic carbocycles. The highest BCUT2D eigenvalue weighted by Gasteiger charge is 2.26. The Morgan fingerprint density at radius 2 is 2.15 bits per heavy atom. The Labute approximate surface area is 122 Å². The fraction of sp³-hybridized carbons (Fsp3) is 0.750. The van der Waals surface area contributed by atoms with Crippen LogP contribution in [0.15, 0.2) is 16.5 Å². The second-order valence-corrected chi connectivity index (χ2v) is 6.18. The Bertz CT molecular complexity index is 403. The van der Waals surface area contributed by atoms with Crippen molar-refractivity contribution in [3.63, 3.8) is 0 Å². The van der Waals surface area contributed by atoms with E-state index in [1.165, 1.54) is 6.42 Å². The van der Waals surface area contributed by atoms with Crippen LogP contribution in [0.1, 0.15) is 38.7 Å². The van der Waals surface area contributed by atoms with Crippen LogP contribution in [0, 0.1) is 5.92 Å². The average Bonchev–Trinajstić information content (AvgIpc) is 2.86. The number of methoxy groups -OCH3 is 1. The Morgan fingerprint density at radius 3 is 2.85 bits per heavy atom. The zero-order valence-corrected chi connectivity index (χ0v) is 13.2. The molecule has 1 aliphatic rings. The minimum absolute atomic E-state index is 0.348. The fourth-order valence-corrected chi connectivity index (χ4v) is 2.68. The highest BCUT2D eigenvalue weighted by Crippen LogP contribution is 2.21. The molecule has 0 amide bonds. The maximum absolute atomic E-state index is 5.89. The van der Waals surface area contributed by atoms with E-state index in [4.69, 9.17) is 9.15 Å². The lowest BCUT2D eigenvalue weighted by Gasteiger charge is -2.35. The second kappa shape index (κ2) is 7.25. The fourth-order valence-electron chi connectivity index (χ4n) is 2.68. The number of ether oxygens (including phenoxy) is 1. The smallest absolute Gasteiger partial charge is 0.118 e. The van der Waals surface area contributed by atoms with Gasteiger partial charge in [0, 0.05) is 19.7 Å². The second-order valence-electron chi connectivity index (χ2n) is 6.18. The standard InChI is InChI=1S/C16H28N2O2/c1-12(2)17-9-14-5-6-15(20-14)10-18-8-7-13(3)16(11-18)19-4/h5-6,12-13,16-17H,7-11H2,1-4H3. The number of nitrogens with zero attached hydrogens (tertiary/aromatic N) is 1. The molecule has 2 heterocycles. The van der Waals surface area contributed by atoms with E-state index in [2.05, 4.69) is 43.1 Å². The maximum Gasteiger partial charge on any atom is 0.118 e. The first kappa shape index (κ1) is 15.5. The van der Waals surface area contributed by atoms with Gasteiger partial charge in [0.05, 0.1) is 19.2 Å². The van der Waals surface area contributed by atoms with E-state index in [-0.39, 0.29) is 0 Å². The molecule has 2 unspecified atom stereocenters. The summed E-state index contributed by atoms with van der Waals surface area (Å²) in [4.78, 5) is 2.42. The van der Waals surface area contributed by atoms with Crippen molar-refractivity contribution in [3.8, 4) is 0 Å². The van der Waals surface area contributed by atoms with Crippen LogP contribution in [0.25, 0.3) is 0 Å². The molecule has 1 saturated heterocycles. The summed E-state index contributed by atoms with van der Waals surface area (Å²) in [6, 6.07) is 4.65. The molecule has 0 saturated carbocycles. The van der Waals surface area contributed by atoms with Gasteiger partial charge in [-0.05, 0) is 31.0 Å². The number of furan rings is 1. The molecule has 4 nitrogen and oxygen atoms in total. The third kappa shape index (κ3) is 4.33. The molecular weight excluding hydrogens is 252 g/mol. The largest absolute Gasteiger partial charge is 0.463 e. The van der Waals surface area contributed by atoms with Gasteiger partial charge in [0.2, 0.25) is 0 Å². The zero-order valence-electron chi connectivity index (χ0n) is 13.2. The molecule has 0 spiro atoms. The lowest BCUT2D eigenvalue weighted by atomic mass is 9.96. The molecule has 1 aromatic rings. The van der Waals surface area contributed by atoms with Crippen molar-refractivity contribution < 1.29 is 9.15 Å². The highest BCUT2D eigenvalue weighted by atomic mass is 16.5. The SMILES string of the molecule is COC1CN(Cc2ccc(CNC(C)C)o2)CCC1C. The predicted molar refractivity (Wildman–Crippen MR) is 80.5 cm³/mol. The van der Waals surface area contributed by atoms with Crippen LogP contribution >= 0.6 is 0 Å². The summed E-state index contributed by atoms with van der Waals surface area (Å²) in [6.45, 7) is 10.4. The van der Waals surface area contributed by atoms with Gasteiger partial charge in [-0.25, -0.2) is 0 Å². The molecule has 0 bridgehead atoms. The normalized spacial score (nSPS) is 24.4. The molecule has 114 valence electrons. The summed E-state index contributed by atoms with van der Waals surface area (Å²) >= 11 is 0. The zero-order chi connectivity index (χ0) is 14.5. The summed E-state index contributed by atoms with van der Waals surface area (Å²) in [6.07, 6.45) is 1.54. The Hall–Kier alpha value is -0.840. The van der Waals surface area contributed by atoms with E-state index >= 15 is 0 Å². The van der Waals surface area contributed by atoms with E-state index in [1.807, 2.05) is 7.11 Å². The first-order valence-electron chi connectivity index (χ1n) is 7.64. The number of nitrogens with one attached hydrogen (secondary N) is 1. The van der Waals surface area contributed by atoms with E-state index in [9.17, 15) is 0 Å². The lowest BCUT2D eigenvalue weighted by molar-refractivity contribution is -0.00925. The molecule has 4 heteroatoms. The summed E-state index contributed by atoms with van der Waals surface area (Å²) in [5, 5.41) is 3.37. The summed E-state index contributed by atoms with van der Waals surface area (Å²) in [5.74, 6) is 2.72.